The van der Waals surface area contributed by atoms with E-state index >= 15 is 0 Å². The second-order valence-electron chi connectivity index (χ2n) is 2.19. The van der Waals surface area contributed by atoms with Crippen LogP contribution in [0.4, 0.5) is 0 Å². The average Bonchev–Trinajstić information content (AvgIpc) is 2.03. The van der Waals surface area contributed by atoms with Crippen LogP contribution in [0.1, 0.15) is 10.4 Å². The van der Waals surface area contributed by atoms with Crippen LogP contribution in [0.5, 0.6) is 0 Å². The van der Waals surface area contributed by atoms with E-state index in [-0.39, 0.29) is 5.78 Å². The molecule has 0 aliphatic heterocycles. The number of ketones is 1. The summed E-state index contributed by atoms with van der Waals surface area (Å²) in [4.78, 5) is 11.2. The topological polar surface area (TPSA) is 17.1 Å². The van der Waals surface area contributed by atoms with Crippen LogP contribution in [-0.2, 0) is 0 Å². The van der Waals surface area contributed by atoms with Gasteiger partial charge in [-0.05, 0) is 40.2 Å². The van der Waals surface area contributed by atoms with Gasteiger partial charge in [0, 0.05) is 14.5 Å². The first kappa shape index (κ1) is 9.68. The number of hydrogen-bond donors (Lipinski definition) is 0. The third-order valence-corrected chi connectivity index (χ3v) is 2.53. The van der Waals surface area contributed by atoms with Crippen molar-refractivity contribution in [3.63, 3.8) is 0 Å². The first-order valence-corrected chi connectivity index (χ1v) is 4.85. The van der Waals surface area contributed by atoms with Crippen molar-refractivity contribution in [3.8, 4) is 0 Å². The number of halogens is 2. The zero-order valence-corrected chi connectivity index (χ0v) is 9.35. The summed E-state index contributed by atoms with van der Waals surface area (Å²) in [6.45, 7) is 3.42. The molecule has 1 rings (SSSR count). The Bertz CT molecular complexity index is 331. The molecule has 0 saturated heterocycles. The van der Waals surface area contributed by atoms with Gasteiger partial charge in [-0.25, -0.2) is 0 Å². The molecule has 0 bridgehead atoms. The largest absolute Gasteiger partial charge is 0.289 e. The maximum Gasteiger partial charge on any atom is 0.186 e. The maximum atomic E-state index is 11.2. The molecule has 0 atom stereocenters. The summed E-state index contributed by atoms with van der Waals surface area (Å²) in [7, 11) is 0. The molecule has 0 aliphatic rings. The Morgan fingerprint density at radius 1 is 1.42 bits per heavy atom. The van der Waals surface area contributed by atoms with E-state index in [0.717, 1.165) is 8.95 Å². The molecule has 1 nitrogen and oxygen atoms in total. The lowest BCUT2D eigenvalue weighted by atomic mass is 10.1. The highest BCUT2D eigenvalue weighted by molar-refractivity contribution is 9.11. The second kappa shape index (κ2) is 4.01. The molecule has 0 saturated carbocycles. The van der Waals surface area contributed by atoms with Gasteiger partial charge in [-0.1, -0.05) is 22.5 Å². The van der Waals surface area contributed by atoms with Gasteiger partial charge in [0.05, 0.1) is 0 Å². The fourth-order valence-corrected chi connectivity index (χ4v) is 2.04. The van der Waals surface area contributed by atoms with Crippen LogP contribution in [0.3, 0.4) is 0 Å². The second-order valence-corrected chi connectivity index (χ2v) is 3.96. The fourth-order valence-electron chi connectivity index (χ4n) is 0.799. The van der Waals surface area contributed by atoms with E-state index in [4.69, 9.17) is 0 Å². The summed E-state index contributed by atoms with van der Waals surface area (Å²) < 4.78 is 1.72. The number of benzene rings is 1. The molecule has 0 spiro atoms. The van der Waals surface area contributed by atoms with Gasteiger partial charge < -0.3 is 0 Å². The molecule has 0 aromatic heterocycles. The minimum absolute atomic E-state index is 0.0747. The van der Waals surface area contributed by atoms with Crippen molar-refractivity contribution in [1.29, 1.82) is 0 Å². The van der Waals surface area contributed by atoms with E-state index < -0.39 is 0 Å². The van der Waals surface area contributed by atoms with Crippen molar-refractivity contribution < 1.29 is 4.79 Å². The Hall–Kier alpha value is -0.410. The quantitative estimate of drug-likeness (QED) is 0.601. The van der Waals surface area contributed by atoms with E-state index in [1.54, 1.807) is 6.07 Å². The van der Waals surface area contributed by atoms with E-state index in [1.807, 2.05) is 12.1 Å². The molecule has 0 N–H and O–H groups in total. The van der Waals surface area contributed by atoms with Gasteiger partial charge in [0.15, 0.2) is 5.78 Å². The van der Waals surface area contributed by atoms with Gasteiger partial charge in [-0.2, -0.15) is 0 Å². The van der Waals surface area contributed by atoms with Gasteiger partial charge >= 0.3 is 0 Å². The number of allylic oxidation sites excluding steroid dienone is 1. The summed E-state index contributed by atoms with van der Waals surface area (Å²) in [5, 5.41) is 0. The van der Waals surface area contributed by atoms with Crippen LogP contribution in [0, 0.1) is 0 Å². The minimum Gasteiger partial charge on any atom is -0.289 e. The highest BCUT2D eigenvalue weighted by Crippen LogP contribution is 2.22. The number of carbonyl (C=O) groups excluding carboxylic acids is 1. The van der Waals surface area contributed by atoms with E-state index in [1.165, 1.54) is 6.08 Å². The molecule has 1 aromatic rings. The first-order valence-electron chi connectivity index (χ1n) is 3.27. The first-order chi connectivity index (χ1) is 5.65. The van der Waals surface area contributed by atoms with Gasteiger partial charge in [0.25, 0.3) is 0 Å². The molecular weight excluding hydrogens is 284 g/mol. The SMILES string of the molecule is C=CC(=O)c1ccc(Br)cc1Br. The molecule has 62 valence electrons. The van der Waals surface area contributed by atoms with Crippen molar-refractivity contribution in [2.75, 3.05) is 0 Å². The fraction of sp³-hybridized carbons (Fsp3) is 0. The molecule has 0 heterocycles. The molecule has 12 heavy (non-hydrogen) atoms. The highest BCUT2D eigenvalue weighted by Gasteiger charge is 2.05. The zero-order valence-electron chi connectivity index (χ0n) is 6.18. The summed E-state index contributed by atoms with van der Waals surface area (Å²) >= 11 is 6.59. The van der Waals surface area contributed by atoms with Crippen molar-refractivity contribution in [3.05, 3.63) is 45.4 Å². The van der Waals surface area contributed by atoms with Crippen LogP contribution >= 0.6 is 31.9 Å². The Morgan fingerprint density at radius 2 is 2.08 bits per heavy atom. The lowest BCUT2D eigenvalue weighted by molar-refractivity contribution is 0.104. The van der Waals surface area contributed by atoms with Gasteiger partial charge in [-0.15, -0.1) is 0 Å². The smallest absolute Gasteiger partial charge is 0.186 e. The van der Waals surface area contributed by atoms with Crippen LogP contribution in [0.25, 0.3) is 0 Å². The predicted molar refractivity (Wildman–Crippen MR) is 56.4 cm³/mol. The highest BCUT2D eigenvalue weighted by atomic mass is 79.9. The Morgan fingerprint density at radius 3 is 2.58 bits per heavy atom. The van der Waals surface area contributed by atoms with Crippen LogP contribution in [0.2, 0.25) is 0 Å². The van der Waals surface area contributed by atoms with E-state index in [9.17, 15) is 4.79 Å². The Labute approximate surface area is 87.7 Å². The average molecular weight is 290 g/mol. The number of rotatable bonds is 2. The summed E-state index contributed by atoms with van der Waals surface area (Å²) in [5.41, 5.74) is 0.633. The van der Waals surface area contributed by atoms with E-state index in [2.05, 4.69) is 38.4 Å². The standard InChI is InChI=1S/C9H6Br2O/c1-2-9(12)7-4-3-6(10)5-8(7)11/h2-5H,1H2. The van der Waals surface area contributed by atoms with Gasteiger partial charge in [0.1, 0.15) is 0 Å². The lowest BCUT2D eigenvalue weighted by Gasteiger charge is -1.99. The van der Waals surface area contributed by atoms with Crippen molar-refractivity contribution in [2.24, 2.45) is 0 Å². The normalized spacial score (nSPS) is 9.50. The summed E-state index contributed by atoms with van der Waals surface area (Å²) in [6.07, 6.45) is 1.30. The third kappa shape index (κ3) is 2.05. The molecule has 3 heteroatoms. The predicted octanol–water partition coefficient (Wildman–Crippen LogP) is 3.58. The van der Waals surface area contributed by atoms with E-state index in [0.29, 0.717) is 5.56 Å². The summed E-state index contributed by atoms with van der Waals surface area (Å²) in [5.74, 6) is -0.0747. The van der Waals surface area contributed by atoms with Gasteiger partial charge in [-0.3, -0.25) is 4.79 Å². The van der Waals surface area contributed by atoms with Crippen molar-refractivity contribution in [2.45, 2.75) is 0 Å². The number of hydrogen-bond acceptors (Lipinski definition) is 1. The molecule has 0 unspecified atom stereocenters. The lowest BCUT2D eigenvalue weighted by Crippen LogP contribution is -1.94. The molecule has 0 amide bonds. The van der Waals surface area contributed by atoms with Gasteiger partial charge in [0.2, 0.25) is 0 Å². The van der Waals surface area contributed by atoms with Crippen molar-refractivity contribution >= 4 is 37.6 Å². The Balaban J connectivity index is 3.18. The van der Waals surface area contributed by atoms with Crippen molar-refractivity contribution in [1.82, 2.24) is 0 Å². The molecular formula is C9H6Br2O. The summed E-state index contributed by atoms with van der Waals surface area (Å²) in [6, 6.07) is 5.40. The molecule has 0 radical (unpaired) electrons. The van der Waals surface area contributed by atoms with Crippen LogP contribution < -0.4 is 0 Å². The zero-order chi connectivity index (χ0) is 9.14. The monoisotopic (exact) mass is 288 g/mol. The molecule has 0 fully saturated rings. The number of carbonyl (C=O) groups is 1. The van der Waals surface area contributed by atoms with Crippen LogP contribution in [0.15, 0.2) is 39.8 Å². The third-order valence-electron chi connectivity index (χ3n) is 1.38. The maximum absolute atomic E-state index is 11.2. The van der Waals surface area contributed by atoms with Crippen LogP contribution in [-0.4, -0.2) is 5.78 Å². The molecule has 0 aliphatic carbocycles. The Kier molecular flexibility index (Phi) is 3.23. The minimum atomic E-state index is -0.0747. The molecule has 1 aromatic carbocycles.